The van der Waals surface area contributed by atoms with E-state index in [2.05, 4.69) is 0 Å². The molecule has 7 heteroatoms. The Balaban J connectivity index is 2.01. The maximum absolute atomic E-state index is 14.0. The number of halogens is 2. The minimum atomic E-state index is -4.19. The number of sulfone groups is 1. The van der Waals surface area contributed by atoms with Crippen LogP contribution in [-0.2, 0) is 16.4 Å². The molecule has 0 saturated carbocycles. The summed E-state index contributed by atoms with van der Waals surface area (Å²) in [4.78, 5) is 12.6. The lowest BCUT2D eigenvalue weighted by Gasteiger charge is -2.15. The Morgan fingerprint density at radius 1 is 0.871 bits per heavy atom. The van der Waals surface area contributed by atoms with Crippen molar-refractivity contribution >= 4 is 20.7 Å². The van der Waals surface area contributed by atoms with E-state index in [4.69, 9.17) is 0 Å². The summed E-state index contributed by atoms with van der Waals surface area (Å²) in [5, 5.41) is -0.195. The highest BCUT2D eigenvalue weighted by Crippen LogP contribution is 2.25. The summed E-state index contributed by atoms with van der Waals surface area (Å²) < 4.78 is 56.1. The van der Waals surface area contributed by atoms with Crippen molar-refractivity contribution in [2.45, 2.75) is 30.2 Å². The van der Waals surface area contributed by atoms with Crippen LogP contribution in [0.3, 0.4) is 0 Å². The Labute approximate surface area is 178 Å². The molecule has 4 aromatic rings. The summed E-state index contributed by atoms with van der Waals surface area (Å²) in [7, 11) is -4.19. The number of pyridine rings is 1. The second kappa shape index (κ2) is 7.74. The SMILES string of the molecule is Cc1ccc(S(=O)(=O)c2cn(Cc3ccccc3)c3cc(F)c(F)cc3c2=O)cc1C. The molecule has 0 bridgehead atoms. The van der Waals surface area contributed by atoms with E-state index in [0.717, 1.165) is 28.8 Å². The number of rotatable bonds is 4. The summed E-state index contributed by atoms with van der Waals surface area (Å²) in [6.07, 6.45) is 1.21. The Morgan fingerprint density at radius 2 is 1.55 bits per heavy atom. The van der Waals surface area contributed by atoms with Gasteiger partial charge in [0.2, 0.25) is 15.3 Å². The molecule has 3 aromatic carbocycles. The molecule has 4 nitrogen and oxygen atoms in total. The second-order valence-corrected chi connectivity index (χ2v) is 9.39. The van der Waals surface area contributed by atoms with E-state index in [1.54, 1.807) is 13.0 Å². The van der Waals surface area contributed by atoms with Crippen molar-refractivity contribution in [3.8, 4) is 0 Å². The molecule has 0 aliphatic heterocycles. The van der Waals surface area contributed by atoms with Crippen molar-refractivity contribution in [1.29, 1.82) is 0 Å². The molecular weight excluding hydrogens is 420 g/mol. The van der Waals surface area contributed by atoms with Crippen LogP contribution in [0.5, 0.6) is 0 Å². The standard InChI is InChI=1S/C24H19F2NO3S/c1-15-8-9-18(10-16(15)2)31(29,30)23-14-27(13-17-6-4-3-5-7-17)22-12-21(26)20(25)11-19(22)24(23)28/h3-12,14H,13H2,1-2H3. The summed E-state index contributed by atoms with van der Waals surface area (Å²) in [6.45, 7) is 3.81. The lowest BCUT2D eigenvalue weighted by Crippen LogP contribution is -2.20. The van der Waals surface area contributed by atoms with Crippen molar-refractivity contribution < 1.29 is 17.2 Å². The number of benzene rings is 3. The number of aryl methyl sites for hydroxylation is 2. The van der Waals surface area contributed by atoms with Gasteiger partial charge in [0.25, 0.3) is 0 Å². The van der Waals surface area contributed by atoms with Gasteiger partial charge in [-0.25, -0.2) is 17.2 Å². The molecule has 31 heavy (non-hydrogen) atoms. The van der Waals surface area contributed by atoms with Crippen LogP contribution in [0.15, 0.2) is 81.4 Å². The molecule has 0 radical (unpaired) electrons. The third kappa shape index (κ3) is 3.77. The third-order valence-corrected chi connectivity index (χ3v) is 7.11. The van der Waals surface area contributed by atoms with Gasteiger partial charge in [0, 0.05) is 18.8 Å². The average Bonchev–Trinajstić information content (AvgIpc) is 2.74. The normalized spacial score (nSPS) is 11.7. The first kappa shape index (κ1) is 20.9. The number of fused-ring (bicyclic) bond motifs is 1. The Bertz CT molecular complexity index is 1480. The molecule has 4 rings (SSSR count). The van der Waals surface area contributed by atoms with Gasteiger partial charge in [-0.15, -0.1) is 0 Å². The number of nitrogens with zero attached hydrogens (tertiary/aromatic N) is 1. The van der Waals surface area contributed by atoms with Crippen LogP contribution >= 0.6 is 0 Å². The second-order valence-electron chi connectivity index (χ2n) is 7.47. The van der Waals surface area contributed by atoms with Crippen LogP contribution in [0.4, 0.5) is 8.78 Å². The van der Waals surface area contributed by atoms with Gasteiger partial charge < -0.3 is 4.57 Å². The molecule has 0 aliphatic rings. The average molecular weight is 439 g/mol. The van der Waals surface area contributed by atoms with E-state index in [1.165, 1.54) is 22.9 Å². The van der Waals surface area contributed by atoms with E-state index < -0.39 is 31.8 Å². The van der Waals surface area contributed by atoms with E-state index in [1.807, 2.05) is 37.3 Å². The van der Waals surface area contributed by atoms with E-state index in [9.17, 15) is 22.0 Å². The predicted octanol–water partition coefficient (Wildman–Crippen LogP) is 4.78. The van der Waals surface area contributed by atoms with Gasteiger partial charge in [0.1, 0.15) is 4.90 Å². The fourth-order valence-electron chi connectivity index (χ4n) is 3.47. The number of hydrogen-bond acceptors (Lipinski definition) is 3. The minimum absolute atomic E-state index is 0.0269. The van der Waals surface area contributed by atoms with Crippen molar-refractivity contribution in [2.24, 2.45) is 0 Å². The zero-order valence-corrected chi connectivity index (χ0v) is 17.7. The van der Waals surface area contributed by atoms with Crippen molar-refractivity contribution in [1.82, 2.24) is 4.57 Å². The Kier molecular flexibility index (Phi) is 5.23. The molecular formula is C24H19F2NO3S. The van der Waals surface area contributed by atoms with Crippen molar-refractivity contribution in [3.05, 3.63) is 105 Å². The monoisotopic (exact) mass is 439 g/mol. The first-order valence-corrected chi connectivity index (χ1v) is 11.1. The van der Waals surface area contributed by atoms with Gasteiger partial charge in [0.05, 0.1) is 15.8 Å². The van der Waals surface area contributed by atoms with Gasteiger partial charge in [-0.1, -0.05) is 36.4 Å². The summed E-state index contributed by atoms with van der Waals surface area (Å²) in [6, 6.07) is 15.4. The molecule has 0 unspecified atom stereocenters. The van der Waals surface area contributed by atoms with Crippen molar-refractivity contribution in [3.63, 3.8) is 0 Å². The highest BCUT2D eigenvalue weighted by Gasteiger charge is 2.25. The summed E-state index contributed by atoms with van der Waals surface area (Å²) >= 11 is 0. The van der Waals surface area contributed by atoms with Crippen LogP contribution in [0.25, 0.3) is 10.9 Å². The molecule has 158 valence electrons. The van der Waals surface area contributed by atoms with Crippen LogP contribution < -0.4 is 5.43 Å². The van der Waals surface area contributed by atoms with Gasteiger partial charge in [0.15, 0.2) is 11.6 Å². The van der Waals surface area contributed by atoms with Gasteiger partial charge >= 0.3 is 0 Å². The van der Waals surface area contributed by atoms with E-state index in [0.29, 0.717) is 0 Å². The maximum Gasteiger partial charge on any atom is 0.211 e. The Morgan fingerprint density at radius 3 is 2.23 bits per heavy atom. The quantitative estimate of drug-likeness (QED) is 0.460. The smallest absolute Gasteiger partial charge is 0.211 e. The summed E-state index contributed by atoms with van der Waals surface area (Å²) in [5.41, 5.74) is 1.74. The molecule has 0 saturated heterocycles. The fourth-order valence-corrected chi connectivity index (χ4v) is 4.92. The molecule has 1 heterocycles. The van der Waals surface area contributed by atoms with Crippen LogP contribution in [0.1, 0.15) is 16.7 Å². The third-order valence-electron chi connectivity index (χ3n) is 5.36. The first-order valence-electron chi connectivity index (χ1n) is 9.57. The summed E-state index contributed by atoms with van der Waals surface area (Å²) in [5.74, 6) is -2.32. The van der Waals surface area contributed by atoms with Gasteiger partial charge in [-0.2, -0.15) is 0 Å². The zero-order chi connectivity index (χ0) is 22.3. The molecule has 0 fully saturated rings. The molecule has 0 spiro atoms. The fraction of sp³-hybridized carbons (Fsp3) is 0.125. The number of hydrogen-bond donors (Lipinski definition) is 0. The molecule has 0 aliphatic carbocycles. The topological polar surface area (TPSA) is 56.1 Å². The van der Waals surface area contributed by atoms with Crippen LogP contribution in [0, 0.1) is 25.5 Å². The number of aromatic nitrogens is 1. The molecule has 1 aromatic heterocycles. The highest BCUT2D eigenvalue weighted by molar-refractivity contribution is 7.91. The predicted molar refractivity (Wildman–Crippen MR) is 115 cm³/mol. The Hall–Kier alpha value is -3.32. The van der Waals surface area contributed by atoms with Gasteiger partial charge in [-0.05, 0) is 48.7 Å². The molecule has 0 amide bonds. The molecule has 0 N–H and O–H groups in total. The van der Waals surface area contributed by atoms with E-state index >= 15 is 0 Å². The zero-order valence-electron chi connectivity index (χ0n) is 16.9. The van der Waals surface area contributed by atoms with Crippen LogP contribution in [-0.4, -0.2) is 13.0 Å². The largest absolute Gasteiger partial charge is 0.341 e. The lowest BCUT2D eigenvalue weighted by molar-refractivity contribution is 0.510. The molecule has 0 atom stereocenters. The van der Waals surface area contributed by atoms with E-state index in [-0.39, 0.29) is 22.3 Å². The van der Waals surface area contributed by atoms with Crippen LogP contribution in [0.2, 0.25) is 0 Å². The highest BCUT2D eigenvalue weighted by atomic mass is 32.2. The maximum atomic E-state index is 14.0. The first-order chi connectivity index (χ1) is 14.7. The lowest BCUT2D eigenvalue weighted by atomic mass is 10.1. The minimum Gasteiger partial charge on any atom is -0.341 e. The van der Waals surface area contributed by atoms with Crippen molar-refractivity contribution in [2.75, 3.05) is 0 Å². The van der Waals surface area contributed by atoms with Gasteiger partial charge in [-0.3, -0.25) is 4.79 Å².